The van der Waals surface area contributed by atoms with Crippen molar-refractivity contribution in [3.8, 4) is 0 Å². The Kier molecular flexibility index (Phi) is 10.8. The molecule has 0 spiro atoms. The predicted molar refractivity (Wildman–Crippen MR) is 72.4 cm³/mol. The van der Waals surface area contributed by atoms with Crippen molar-refractivity contribution < 1.29 is 9.13 Å². The van der Waals surface area contributed by atoms with Crippen LogP contribution in [0.5, 0.6) is 0 Å². The van der Waals surface area contributed by atoms with Crippen molar-refractivity contribution in [2.45, 2.75) is 64.1 Å². The Labute approximate surface area is 105 Å². The van der Waals surface area contributed by atoms with E-state index in [0.29, 0.717) is 6.61 Å². The molecule has 0 N–H and O–H groups in total. The number of halogens is 2. The topological polar surface area (TPSA) is 9.23 Å². The molecule has 0 radical (unpaired) electrons. The monoisotopic (exact) mass is 268 g/mol. The molecule has 0 aromatic rings. The maximum atomic E-state index is 11.8. The largest absolute Gasteiger partial charge is 0.351 e. The molecule has 0 aliphatic rings. The predicted octanol–water partition coefficient (Wildman–Crippen LogP) is 5.10. The first-order chi connectivity index (χ1) is 7.68. The summed E-state index contributed by atoms with van der Waals surface area (Å²) in [7, 11) is -1.57. The Morgan fingerprint density at radius 3 is 1.94 bits per heavy atom. The fourth-order valence-corrected chi connectivity index (χ4v) is 6.61. The second-order valence-electron chi connectivity index (χ2n) is 4.48. The van der Waals surface area contributed by atoms with E-state index in [-0.39, 0.29) is 0 Å². The molecule has 0 heterocycles. The summed E-state index contributed by atoms with van der Waals surface area (Å²) in [6, 6.07) is 3.50. The Bertz CT molecular complexity index is 150. The Morgan fingerprint density at radius 2 is 1.50 bits per heavy atom. The van der Waals surface area contributed by atoms with Crippen LogP contribution in [-0.2, 0) is 4.74 Å². The van der Waals surface area contributed by atoms with Crippen LogP contribution in [0.2, 0.25) is 18.1 Å². The summed E-state index contributed by atoms with van der Waals surface area (Å²) in [6.07, 6.45) is 5.84. The van der Waals surface area contributed by atoms with Crippen molar-refractivity contribution in [2.75, 3.05) is 13.5 Å². The zero-order valence-electron chi connectivity index (χ0n) is 10.7. The smallest absolute Gasteiger partial charge is 0.188 e. The average molecular weight is 269 g/mol. The van der Waals surface area contributed by atoms with Gasteiger partial charge in [-0.1, -0.05) is 39.5 Å². The molecule has 0 fully saturated rings. The van der Waals surface area contributed by atoms with E-state index >= 15 is 0 Å². The van der Waals surface area contributed by atoms with Gasteiger partial charge in [0, 0.05) is 6.61 Å². The van der Waals surface area contributed by atoms with E-state index in [1.165, 1.54) is 37.8 Å². The van der Waals surface area contributed by atoms with Crippen LogP contribution in [0.25, 0.3) is 0 Å². The third-order valence-corrected chi connectivity index (χ3v) is 8.40. The quantitative estimate of drug-likeness (QED) is 0.288. The summed E-state index contributed by atoms with van der Waals surface area (Å²) in [6.45, 7) is 4.27. The molecule has 0 saturated heterocycles. The molecule has 0 unspecified atom stereocenters. The SMILES string of the molecule is CCCC[Si](Cl)(CCCC)CCCOCF. The third kappa shape index (κ3) is 8.54. The van der Waals surface area contributed by atoms with Gasteiger partial charge in [-0.25, -0.2) is 4.39 Å². The van der Waals surface area contributed by atoms with Gasteiger partial charge in [-0.15, -0.1) is 0 Å². The van der Waals surface area contributed by atoms with Crippen molar-refractivity contribution in [1.82, 2.24) is 0 Å². The van der Waals surface area contributed by atoms with Crippen molar-refractivity contribution in [1.29, 1.82) is 0 Å². The minimum Gasteiger partial charge on any atom is -0.351 e. The fraction of sp³-hybridized carbons (Fsp3) is 1.00. The molecule has 0 aromatic heterocycles. The molecule has 0 rings (SSSR count). The summed E-state index contributed by atoms with van der Waals surface area (Å²) >= 11 is 6.77. The molecule has 16 heavy (non-hydrogen) atoms. The molecule has 0 aliphatic heterocycles. The molecule has 0 saturated carbocycles. The number of ether oxygens (including phenoxy) is 1. The van der Waals surface area contributed by atoms with E-state index in [9.17, 15) is 4.39 Å². The van der Waals surface area contributed by atoms with E-state index in [0.717, 1.165) is 12.5 Å². The van der Waals surface area contributed by atoms with Crippen LogP contribution < -0.4 is 0 Å². The van der Waals surface area contributed by atoms with Crippen LogP contribution in [0.4, 0.5) is 4.39 Å². The molecule has 98 valence electrons. The van der Waals surface area contributed by atoms with Crippen LogP contribution in [0.1, 0.15) is 46.0 Å². The van der Waals surface area contributed by atoms with E-state index in [4.69, 9.17) is 15.8 Å². The van der Waals surface area contributed by atoms with Gasteiger partial charge in [0.1, 0.15) is 0 Å². The zero-order chi connectivity index (χ0) is 12.3. The number of hydrogen-bond acceptors (Lipinski definition) is 1. The lowest BCUT2D eigenvalue weighted by Gasteiger charge is -2.24. The molecule has 4 heteroatoms. The Hall–Kier alpha value is 0.397. The highest BCUT2D eigenvalue weighted by atomic mass is 35.6. The Morgan fingerprint density at radius 1 is 1.00 bits per heavy atom. The summed E-state index contributed by atoms with van der Waals surface area (Å²) < 4.78 is 16.5. The number of unbranched alkanes of at least 4 members (excludes halogenated alkanes) is 2. The summed E-state index contributed by atoms with van der Waals surface area (Å²) in [4.78, 5) is 0. The number of alkyl halides is 1. The van der Waals surface area contributed by atoms with Gasteiger partial charge in [-0.3, -0.25) is 0 Å². The van der Waals surface area contributed by atoms with Crippen LogP contribution in [0, 0.1) is 0 Å². The van der Waals surface area contributed by atoms with Gasteiger partial charge in [0.2, 0.25) is 0 Å². The maximum absolute atomic E-state index is 11.8. The molecular formula is C12H26ClFOSi. The van der Waals surface area contributed by atoms with E-state index in [1.54, 1.807) is 0 Å². The maximum Gasteiger partial charge on any atom is 0.188 e. The van der Waals surface area contributed by atoms with Gasteiger partial charge < -0.3 is 4.74 Å². The lowest BCUT2D eigenvalue weighted by molar-refractivity contribution is 0.0583. The molecule has 0 amide bonds. The number of hydrogen-bond donors (Lipinski definition) is 0. The van der Waals surface area contributed by atoms with Crippen molar-refractivity contribution in [3.05, 3.63) is 0 Å². The second-order valence-corrected chi connectivity index (χ2v) is 10.7. The van der Waals surface area contributed by atoms with E-state index in [1.807, 2.05) is 0 Å². The third-order valence-electron chi connectivity index (χ3n) is 2.95. The first-order valence-corrected chi connectivity index (χ1v) is 10.1. The summed E-state index contributed by atoms with van der Waals surface area (Å²) in [5, 5.41) is 0. The highest BCUT2D eigenvalue weighted by Crippen LogP contribution is 2.31. The highest BCUT2D eigenvalue weighted by molar-refractivity contribution is 7.20. The van der Waals surface area contributed by atoms with E-state index in [2.05, 4.69) is 13.8 Å². The molecule has 0 aromatic carbocycles. The minimum absolute atomic E-state index is 0.524. The fourth-order valence-electron chi connectivity index (χ4n) is 1.91. The van der Waals surface area contributed by atoms with Crippen LogP contribution in [0.3, 0.4) is 0 Å². The second kappa shape index (κ2) is 10.5. The number of rotatable bonds is 11. The van der Waals surface area contributed by atoms with Gasteiger partial charge in [-0.05, 0) is 24.6 Å². The summed E-state index contributed by atoms with van der Waals surface area (Å²) in [5.41, 5.74) is 0. The average Bonchev–Trinajstić information content (AvgIpc) is 2.30. The van der Waals surface area contributed by atoms with E-state index < -0.39 is 14.2 Å². The van der Waals surface area contributed by atoms with Crippen LogP contribution >= 0.6 is 11.1 Å². The zero-order valence-corrected chi connectivity index (χ0v) is 12.5. The van der Waals surface area contributed by atoms with Gasteiger partial charge >= 0.3 is 0 Å². The molecule has 1 nitrogen and oxygen atoms in total. The first kappa shape index (κ1) is 16.4. The Balaban J connectivity index is 3.86. The normalized spacial score (nSPS) is 12.0. The van der Waals surface area contributed by atoms with Gasteiger partial charge in [0.25, 0.3) is 0 Å². The molecule has 0 bridgehead atoms. The van der Waals surface area contributed by atoms with Crippen molar-refractivity contribution in [3.63, 3.8) is 0 Å². The van der Waals surface area contributed by atoms with Gasteiger partial charge in [0.15, 0.2) is 14.2 Å². The lowest BCUT2D eigenvalue weighted by atomic mass is 10.4. The lowest BCUT2D eigenvalue weighted by Crippen LogP contribution is -2.27. The summed E-state index contributed by atoms with van der Waals surface area (Å²) in [5.74, 6) is 0. The highest BCUT2D eigenvalue weighted by Gasteiger charge is 2.28. The van der Waals surface area contributed by atoms with Gasteiger partial charge in [0.05, 0.1) is 0 Å². The van der Waals surface area contributed by atoms with Crippen LogP contribution in [-0.4, -0.2) is 20.9 Å². The minimum atomic E-state index is -1.57. The molecular weight excluding hydrogens is 243 g/mol. The van der Waals surface area contributed by atoms with Gasteiger partial charge in [-0.2, -0.15) is 11.1 Å². The van der Waals surface area contributed by atoms with Crippen molar-refractivity contribution >= 4 is 18.5 Å². The molecule has 0 aliphatic carbocycles. The first-order valence-electron chi connectivity index (χ1n) is 6.51. The standard InChI is InChI=1S/C12H26ClFOSi/c1-3-5-9-16(13,10-6-4-2)11-7-8-15-12-14/h3-12H2,1-2H3. The molecule has 0 atom stereocenters. The van der Waals surface area contributed by atoms with Crippen molar-refractivity contribution in [2.24, 2.45) is 0 Å². The van der Waals surface area contributed by atoms with Crippen LogP contribution in [0.15, 0.2) is 0 Å².